The number of hydrogen-bond acceptors (Lipinski definition) is 5. The second-order valence-corrected chi connectivity index (χ2v) is 5.51. The van der Waals surface area contributed by atoms with Crippen LogP contribution in [0.25, 0.3) is 0 Å². The molecule has 2 rings (SSSR count). The number of anilines is 3. The Kier molecular flexibility index (Phi) is 5.51. The van der Waals surface area contributed by atoms with Crippen molar-refractivity contribution in [3.05, 3.63) is 40.0 Å². The second-order valence-electron chi connectivity index (χ2n) is 5.10. The van der Waals surface area contributed by atoms with E-state index in [1.165, 1.54) is 0 Å². The van der Waals surface area contributed by atoms with E-state index in [-0.39, 0.29) is 24.9 Å². The molecule has 0 amide bonds. The zero-order chi connectivity index (χ0) is 17.9. The molecular formula is C15H16ClF3N4O. The normalized spacial score (nSPS) is 11.5. The number of nitrogens with zero attached hydrogens (tertiary/aromatic N) is 2. The van der Waals surface area contributed by atoms with E-state index in [4.69, 9.17) is 16.7 Å². The maximum atomic E-state index is 13.0. The molecular weight excluding hydrogens is 345 g/mol. The molecule has 9 heteroatoms. The number of alkyl halides is 3. The first-order valence-corrected chi connectivity index (χ1v) is 7.44. The van der Waals surface area contributed by atoms with Gasteiger partial charge in [-0.05, 0) is 31.0 Å². The Balaban J connectivity index is 2.44. The van der Waals surface area contributed by atoms with Crippen molar-refractivity contribution in [3.8, 4) is 0 Å². The van der Waals surface area contributed by atoms with Crippen LogP contribution < -0.4 is 10.6 Å². The minimum atomic E-state index is -4.62. The molecule has 0 aliphatic rings. The van der Waals surface area contributed by atoms with Gasteiger partial charge in [-0.1, -0.05) is 17.7 Å². The molecule has 0 aliphatic heterocycles. The highest BCUT2D eigenvalue weighted by atomic mass is 35.5. The first-order chi connectivity index (χ1) is 11.2. The molecule has 5 nitrogen and oxygen atoms in total. The lowest BCUT2D eigenvalue weighted by molar-refractivity contribution is -0.141. The van der Waals surface area contributed by atoms with E-state index in [2.05, 4.69) is 20.6 Å². The van der Waals surface area contributed by atoms with Crippen molar-refractivity contribution in [1.82, 2.24) is 9.97 Å². The van der Waals surface area contributed by atoms with Gasteiger partial charge in [-0.2, -0.15) is 18.2 Å². The van der Waals surface area contributed by atoms with Gasteiger partial charge in [0.25, 0.3) is 0 Å². The number of aliphatic hydroxyl groups excluding tert-OH is 1. The summed E-state index contributed by atoms with van der Waals surface area (Å²) < 4.78 is 39.0. The second kappa shape index (κ2) is 7.23. The standard InChI is InChI=1S/C15H16ClF3N4O/c1-8-3-4-10(16)9(2)13(8)22-12-7-11(15(17,18)19)21-14(23-12)20-5-6-24/h3-4,7,24H,5-6H2,1-2H3,(H2,20,21,22,23). The van der Waals surface area contributed by atoms with E-state index in [1.54, 1.807) is 19.1 Å². The third-order valence-electron chi connectivity index (χ3n) is 3.27. The summed E-state index contributed by atoms with van der Waals surface area (Å²) in [6.07, 6.45) is -4.62. The molecule has 1 heterocycles. The molecule has 1 aromatic heterocycles. The molecule has 0 unspecified atom stereocenters. The highest BCUT2D eigenvalue weighted by Gasteiger charge is 2.33. The van der Waals surface area contributed by atoms with Crippen molar-refractivity contribution in [2.24, 2.45) is 0 Å². The Hall–Kier alpha value is -2.06. The van der Waals surface area contributed by atoms with Gasteiger partial charge in [-0.3, -0.25) is 0 Å². The van der Waals surface area contributed by atoms with E-state index < -0.39 is 11.9 Å². The lowest BCUT2D eigenvalue weighted by atomic mass is 10.1. The Labute approximate surface area is 141 Å². The number of halogens is 4. The van der Waals surface area contributed by atoms with Crippen molar-refractivity contribution in [2.45, 2.75) is 20.0 Å². The third-order valence-corrected chi connectivity index (χ3v) is 3.68. The number of nitrogens with one attached hydrogen (secondary N) is 2. The van der Waals surface area contributed by atoms with E-state index in [0.717, 1.165) is 11.6 Å². The summed E-state index contributed by atoms with van der Waals surface area (Å²) >= 11 is 6.06. The zero-order valence-electron chi connectivity index (χ0n) is 13.0. The van der Waals surface area contributed by atoms with Crippen molar-refractivity contribution < 1.29 is 18.3 Å². The minimum Gasteiger partial charge on any atom is -0.395 e. The Morgan fingerprint density at radius 1 is 1.21 bits per heavy atom. The summed E-state index contributed by atoms with van der Waals surface area (Å²) in [5, 5.41) is 14.7. The van der Waals surface area contributed by atoms with Gasteiger partial charge in [-0.25, -0.2) is 4.98 Å². The minimum absolute atomic E-state index is 0.0220. The topological polar surface area (TPSA) is 70.1 Å². The molecule has 1 aromatic carbocycles. The first kappa shape index (κ1) is 18.3. The Bertz CT molecular complexity index is 737. The van der Waals surface area contributed by atoms with Crippen molar-refractivity contribution in [2.75, 3.05) is 23.8 Å². The quantitative estimate of drug-likeness (QED) is 0.754. The number of rotatable bonds is 5. The van der Waals surface area contributed by atoms with Gasteiger partial charge < -0.3 is 15.7 Å². The number of aryl methyl sites for hydroxylation is 1. The summed E-state index contributed by atoms with van der Waals surface area (Å²) in [6.45, 7) is 3.35. The number of aliphatic hydroxyl groups is 1. The maximum absolute atomic E-state index is 13.0. The van der Waals surface area contributed by atoms with Crippen LogP contribution >= 0.6 is 11.6 Å². The molecule has 0 radical (unpaired) electrons. The summed E-state index contributed by atoms with van der Waals surface area (Å²) in [6, 6.07) is 4.30. The smallest absolute Gasteiger partial charge is 0.395 e. The highest BCUT2D eigenvalue weighted by molar-refractivity contribution is 6.31. The molecule has 0 spiro atoms. The van der Waals surface area contributed by atoms with Gasteiger partial charge in [0, 0.05) is 23.3 Å². The van der Waals surface area contributed by atoms with Crippen LogP contribution in [0.5, 0.6) is 0 Å². The van der Waals surface area contributed by atoms with Gasteiger partial charge >= 0.3 is 6.18 Å². The van der Waals surface area contributed by atoms with E-state index in [0.29, 0.717) is 16.3 Å². The van der Waals surface area contributed by atoms with E-state index in [9.17, 15) is 13.2 Å². The highest BCUT2D eigenvalue weighted by Crippen LogP contribution is 2.33. The van der Waals surface area contributed by atoms with Crippen LogP contribution in [0, 0.1) is 13.8 Å². The fraction of sp³-hybridized carbons (Fsp3) is 0.333. The zero-order valence-corrected chi connectivity index (χ0v) is 13.8. The van der Waals surface area contributed by atoms with Crippen molar-refractivity contribution in [3.63, 3.8) is 0 Å². The fourth-order valence-electron chi connectivity index (χ4n) is 2.05. The molecule has 130 valence electrons. The van der Waals surface area contributed by atoms with Crippen LogP contribution in [-0.4, -0.2) is 28.2 Å². The summed E-state index contributed by atoms with van der Waals surface area (Å²) in [4.78, 5) is 7.43. The number of aromatic nitrogens is 2. The van der Waals surface area contributed by atoms with Crippen molar-refractivity contribution >= 4 is 29.1 Å². The molecule has 0 fully saturated rings. The van der Waals surface area contributed by atoms with Crippen LogP contribution in [-0.2, 0) is 6.18 Å². The first-order valence-electron chi connectivity index (χ1n) is 7.06. The molecule has 0 aliphatic carbocycles. The SMILES string of the molecule is Cc1ccc(Cl)c(C)c1Nc1cc(C(F)(F)F)nc(NCCO)n1. The lowest BCUT2D eigenvalue weighted by Crippen LogP contribution is -2.15. The molecule has 0 atom stereocenters. The van der Waals surface area contributed by atoms with Gasteiger partial charge in [-0.15, -0.1) is 0 Å². The molecule has 0 saturated heterocycles. The van der Waals surface area contributed by atoms with E-state index in [1.807, 2.05) is 6.92 Å². The predicted molar refractivity (Wildman–Crippen MR) is 86.8 cm³/mol. The third kappa shape index (κ3) is 4.27. The maximum Gasteiger partial charge on any atom is 0.433 e. The number of hydrogen-bond donors (Lipinski definition) is 3. The largest absolute Gasteiger partial charge is 0.433 e. The summed E-state index contributed by atoms with van der Waals surface area (Å²) in [7, 11) is 0. The molecule has 2 aromatic rings. The summed E-state index contributed by atoms with van der Waals surface area (Å²) in [5.74, 6) is -0.245. The van der Waals surface area contributed by atoms with Crippen LogP contribution in [0.3, 0.4) is 0 Å². The summed E-state index contributed by atoms with van der Waals surface area (Å²) in [5.41, 5.74) is 1.02. The van der Waals surface area contributed by atoms with Gasteiger partial charge in [0.1, 0.15) is 5.82 Å². The van der Waals surface area contributed by atoms with Gasteiger partial charge in [0.2, 0.25) is 5.95 Å². The lowest BCUT2D eigenvalue weighted by Gasteiger charge is -2.16. The van der Waals surface area contributed by atoms with Crippen LogP contribution in [0.1, 0.15) is 16.8 Å². The number of benzene rings is 1. The average molecular weight is 361 g/mol. The monoisotopic (exact) mass is 360 g/mol. The Morgan fingerprint density at radius 3 is 2.54 bits per heavy atom. The van der Waals surface area contributed by atoms with Crippen molar-refractivity contribution in [1.29, 1.82) is 0 Å². The van der Waals surface area contributed by atoms with Crippen LogP contribution in [0.4, 0.5) is 30.6 Å². The average Bonchev–Trinajstić information content (AvgIpc) is 2.52. The molecule has 0 saturated carbocycles. The van der Waals surface area contributed by atoms with Crippen LogP contribution in [0.2, 0.25) is 5.02 Å². The van der Waals surface area contributed by atoms with Gasteiger partial charge in [0.15, 0.2) is 5.69 Å². The van der Waals surface area contributed by atoms with E-state index >= 15 is 0 Å². The molecule has 0 bridgehead atoms. The van der Waals surface area contributed by atoms with Gasteiger partial charge in [0.05, 0.1) is 6.61 Å². The Morgan fingerprint density at radius 2 is 1.92 bits per heavy atom. The fourth-order valence-corrected chi connectivity index (χ4v) is 2.20. The predicted octanol–water partition coefficient (Wildman–Crippen LogP) is 3.91. The molecule has 24 heavy (non-hydrogen) atoms. The molecule has 3 N–H and O–H groups in total. The van der Waals surface area contributed by atoms with Crippen LogP contribution in [0.15, 0.2) is 18.2 Å².